The van der Waals surface area contributed by atoms with Gasteiger partial charge in [0.2, 0.25) is 15.9 Å². The summed E-state index contributed by atoms with van der Waals surface area (Å²) in [7, 11) is -3.23. The average Bonchev–Trinajstić information content (AvgIpc) is 2.88. The molecule has 0 radical (unpaired) electrons. The normalized spacial score (nSPS) is 23.0. The highest BCUT2D eigenvalue weighted by atomic mass is 32.2. The Morgan fingerprint density at radius 3 is 2.82 bits per heavy atom. The molecule has 1 N–H and O–H groups in total. The lowest BCUT2D eigenvalue weighted by Crippen LogP contribution is -2.43. The van der Waals surface area contributed by atoms with Crippen LogP contribution in [0.3, 0.4) is 0 Å². The average molecular weight is 343 g/mol. The van der Waals surface area contributed by atoms with Crippen LogP contribution >= 0.6 is 11.3 Å². The van der Waals surface area contributed by atoms with E-state index in [9.17, 15) is 13.2 Å². The van der Waals surface area contributed by atoms with E-state index in [1.54, 1.807) is 11.3 Å². The number of anilines is 1. The Hall–Kier alpha value is -0.990. The van der Waals surface area contributed by atoms with Gasteiger partial charge in [0.15, 0.2) is 5.13 Å². The Morgan fingerprint density at radius 2 is 2.09 bits per heavy atom. The van der Waals surface area contributed by atoms with E-state index in [0.29, 0.717) is 11.7 Å². The smallest absolute Gasteiger partial charge is 0.230 e. The van der Waals surface area contributed by atoms with E-state index in [1.807, 2.05) is 0 Å². The molecule has 1 aromatic heterocycles. The van der Waals surface area contributed by atoms with Crippen molar-refractivity contribution >= 4 is 32.4 Å². The zero-order valence-electron chi connectivity index (χ0n) is 12.7. The van der Waals surface area contributed by atoms with Crippen LogP contribution in [0.5, 0.6) is 0 Å². The van der Waals surface area contributed by atoms with Crippen LogP contribution < -0.4 is 5.32 Å². The fourth-order valence-electron chi connectivity index (χ4n) is 3.07. The molecule has 8 heteroatoms. The molecule has 2 heterocycles. The number of piperidine rings is 1. The first-order chi connectivity index (χ1) is 10.4. The van der Waals surface area contributed by atoms with Gasteiger partial charge >= 0.3 is 0 Å². The summed E-state index contributed by atoms with van der Waals surface area (Å²) >= 11 is 1.56. The third-order valence-corrected chi connectivity index (χ3v) is 6.64. The largest absolute Gasteiger partial charge is 0.302 e. The predicted octanol–water partition coefficient (Wildman–Crippen LogP) is 1.63. The van der Waals surface area contributed by atoms with E-state index < -0.39 is 10.0 Å². The van der Waals surface area contributed by atoms with Crippen LogP contribution in [0.4, 0.5) is 5.13 Å². The number of amides is 1. The number of carbonyl (C=O) groups excluding carboxylic acids is 1. The Balaban J connectivity index is 1.65. The lowest BCUT2D eigenvalue weighted by Gasteiger charge is -2.29. The third kappa shape index (κ3) is 3.49. The Kier molecular flexibility index (Phi) is 4.52. The molecule has 1 amide bonds. The summed E-state index contributed by atoms with van der Waals surface area (Å²) in [5.74, 6) is -0.399. The summed E-state index contributed by atoms with van der Waals surface area (Å²) in [6, 6.07) is 0. The van der Waals surface area contributed by atoms with E-state index >= 15 is 0 Å². The molecule has 0 aromatic carbocycles. The van der Waals surface area contributed by atoms with Crippen molar-refractivity contribution in [3.63, 3.8) is 0 Å². The summed E-state index contributed by atoms with van der Waals surface area (Å²) in [5.41, 5.74) is 1.12. The summed E-state index contributed by atoms with van der Waals surface area (Å²) in [6.45, 7) is 0.782. The molecule has 122 valence electrons. The lowest BCUT2D eigenvalue weighted by molar-refractivity contribution is -0.120. The van der Waals surface area contributed by atoms with Crippen molar-refractivity contribution < 1.29 is 13.2 Å². The summed E-state index contributed by atoms with van der Waals surface area (Å²) in [4.78, 5) is 18.2. The first-order valence-electron chi connectivity index (χ1n) is 7.68. The molecule has 1 aromatic rings. The quantitative estimate of drug-likeness (QED) is 0.905. The van der Waals surface area contributed by atoms with Crippen LogP contribution in [-0.4, -0.2) is 43.0 Å². The van der Waals surface area contributed by atoms with Crippen molar-refractivity contribution in [3.05, 3.63) is 10.6 Å². The van der Waals surface area contributed by atoms with Crippen LogP contribution in [0, 0.1) is 5.92 Å². The third-order valence-electron chi connectivity index (χ3n) is 4.30. The number of sulfonamides is 1. The van der Waals surface area contributed by atoms with Crippen molar-refractivity contribution in [1.29, 1.82) is 0 Å². The molecular weight excluding hydrogens is 322 g/mol. The van der Waals surface area contributed by atoms with Gasteiger partial charge in [0.1, 0.15) is 0 Å². The van der Waals surface area contributed by atoms with Gasteiger partial charge in [0.25, 0.3) is 0 Å². The second-order valence-electron chi connectivity index (χ2n) is 6.05. The number of fused-ring (bicyclic) bond motifs is 1. The van der Waals surface area contributed by atoms with Gasteiger partial charge in [-0.05, 0) is 38.5 Å². The number of carbonyl (C=O) groups is 1. The first kappa shape index (κ1) is 15.9. The van der Waals surface area contributed by atoms with Gasteiger partial charge in [-0.1, -0.05) is 0 Å². The molecule has 0 saturated carbocycles. The number of nitrogens with one attached hydrogen (secondary N) is 1. The molecule has 6 nitrogen and oxygen atoms in total. The summed E-state index contributed by atoms with van der Waals surface area (Å²) in [6.07, 6.45) is 7.04. The molecule has 0 bridgehead atoms. The van der Waals surface area contributed by atoms with Crippen LogP contribution in [0.15, 0.2) is 0 Å². The van der Waals surface area contributed by atoms with Gasteiger partial charge in [0, 0.05) is 18.0 Å². The van der Waals surface area contributed by atoms with Gasteiger partial charge in [-0.25, -0.2) is 17.7 Å². The fourth-order valence-corrected chi connectivity index (χ4v) is 5.03. The highest BCUT2D eigenvalue weighted by molar-refractivity contribution is 7.88. The highest BCUT2D eigenvalue weighted by Gasteiger charge is 2.30. The molecule has 1 aliphatic heterocycles. The van der Waals surface area contributed by atoms with E-state index in [2.05, 4.69) is 10.3 Å². The second kappa shape index (κ2) is 6.25. The number of hydrogen-bond acceptors (Lipinski definition) is 5. The molecule has 1 fully saturated rings. The van der Waals surface area contributed by atoms with Crippen molar-refractivity contribution in [1.82, 2.24) is 9.29 Å². The van der Waals surface area contributed by atoms with Gasteiger partial charge < -0.3 is 5.32 Å². The van der Waals surface area contributed by atoms with E-state index in [1.165, 1.54) is 21.9 Å². The van der Waals surface area contributed by atoms with E-state index in [0.717, 1.165) is 37.8 Å². The van der Waals surface area contributed by atoms with Crippen LogP contribution in [0.1, 0.15) is 36.3 Å². The number of thiazole rings is 1. The fraction of sp³-hybridized carbons (Fsp3) is 0.714. The topological polar surface area (TPSA) is 79.4 Å². The minimum atomic E-state index is -3.23. The predicted molar refractivity (Wildman–Crippen MR) is 86.5 cm³/mol. The Labute approximate surface area is 135 Å². The molecular formula is C14H21N3O3S2. The maximum atomic E-state index is 12.4. The first-order valence-corrected chi connectivity index (χ1v) is 10.3. The SMILES string of the molecule is CS(=O)(=O)N1CCC[C@H](C(=O)Nc2nc3c(s2)CCCC3)C1. The van der Waals surface area contributed by atoms with Gasteiger partial charge in [0.05, 0.1) is 17.9 Å². The zero-order chi connectivity index (χ0) is 15.7. The minimum absolute atomic E-state index is 0.112. The molecule has 0 unspecified atom stereocenters. The monoisotopic (exact) mass is 343 g/mol. The van der Waals surface area contributed by atoms with Crippen LogP contribution in [-0.2, 0) is 27.7 Å². The number of hydrogen-bond donors (Lipinski definition) is 1. The summed E-state index contributed by atoms with van der Waals surface area (Å²) < 4.78 is 24.7. The summed E-state index contributed by atoms with van der Waals surface area (Å²) in [5, 5.41) is 3.55. The maximum Gasteiger partial charge on any atom is 0.230 e. The maximum absolute atomic E-state index is 12.4. The number of nitrogens with zero attached hydrogens (tertiary/aromatic N) is 2. The Morgan fingerprint density at radius 1 is 1.32 bits per heavy atom. The molecule has 1 saturated heterocycles. The van der Waals surface area contributed by atoms with Crippen molar-refractivity contribution in [2.24, 2.45) is 5.92 Å². The Bertz CT molecular complexity index is 645. The van der Waals surface area contributed by atoms with Crippen LogP contribution in [0.25, 0.3) is 0 Å². The van der Waals surface area contributed by atoms with Gasteiger partial charge in [-0.2, -0.15) is 0 Å². The van der Waals surface area contributed by atoms with Crippen LogP contribution in [0.2, 0.25) is 0 Å². The van der Waals surface area contributed by atoms with E-state index in [-0.39, 0.29) is 18.4 Å². The molecule has 3 rings (SSSR count). The van der Waals surface area contributed by atoms with Crippen molar-refractivity contribution in [2.75, 3.05) is 24.7 Å². The lowest BCUT2D eigenvalue weighted by atomic mass is 9.99. The standard InChI is InChI=1S/C14H21N3O3S2/c1-22(19,20)17-8-4-5-10(9-17)13(18)16-14-15-11-6-2-3-7-12(11)21-14/h10H,2-9H2,1H3,(H,15,16,18)/t10-/m0/s1. The molecule has 22 heavy (non-hydrogen) atoms. The van der Waals surface area contributed by atoms with E-state index in [4.69, 9.17) is 0 Å². The second-order valence-corrected chi connectivity index (χ2v) is 9.11. The number of aryl methyl sites for hydroxylation is 2. The zero-order valence-corrected chi connectivity index (χ0v) is 14.3. The highest BCUT2D eigenvalue weighted by Crippen LogP contribution is 2.30. The number of aromatic nitrogens is 1. The van der Waals surface area contributed by atoms with Gasteiger partial charge in [-0.15, -0.1) is 11.3 Å². The molecule has 2 aliphatic rings. The molecule has 1 atom stereocenters. The molecule has 1 aliphatic carbocycles. The van der Waals surface area contributed by atoms with Gasteiger partial charge in [-0.3, -0.25) is 4.79 Å². The minimum Gasteiger partial charge on any atom is -0.302 e. The molecule has 0 spiro atoms. The van der Waals surface area contributed by atoms with Crippen molar-refractivity contribution in [3.8, 4) is 0 Å². The number of rotatable bonds is 3. The van der Waals surface area contributed by atoms with Crippen molar-refractivity contribution in [2.45, 2.75) is 38.5 Å².